The number of hydrogen-bond acceptors (Lipinski definition) is 5. The number of aryl methyl sites for hydroxylation is 9. The predicted molar refractivity (Wildman–Crippen MR) is 423 cm³/mol. The fourth-order valence-electron chi connectivity index (χ4n) is 16.0. The van der Waals surface area contributed by atoms with Crippen molar-refractivity contribution in [3.05, 3.63) is 308 Å². The topological polar surface area (TPSA) is 31.0 Å². The summed E-state index contributed by atoms with van der Waals surface area (Å²) in [4.78, 5) is 11.4. The Kier molecular flexibility index (Phi) is 20.1. The highest BCUT2D eigenvalue weighted by Crippen LogP contribution is 2.36. The molecule has 502 valence electrons. The van der Waals surface area contributed by atoms with Gasteiger partial charge in [-0.1, -0.05) is 146 Å². The van der Waals surface area contributed by atoms with Crippen LogP contribution in [0.2, 0.25) is 0 Å². The van der Waals surface area contributed by atoms with Crippen LogP contribution >= 0.6 is 0 Å². The number of allylic oxidation sites excluding steroid dienone is 2. The Bertz CT molecular complexity index is 4900. The van der Waals surface area contributed by atoms with Gasteiger partial charge in [-0.25, -0.2) is 0 Å². The predicted octanol–water partition coefficient (Wildman–Crippen LogP) is 19.5. The number of aromatic nitrogens is 3. The minimum Gasteiger partial charge on any atom is -0.376 e. The van der Waals surface area contributed by atoms with Crippen molar-refractivity contribution in [2.75, 3.05) is 63.0 Å². The summed E-state index contributed by atoms with van der Waals surface area (Å²) in [6, 6.07) is 65.9. The van der Waals surface area contributed by atoms with Crippen LogP contribution in [0.5, 0.6) is 0 Å². The van der Waals surface area contributed by atoms with E-state index in [1.54, 1.807) is 50.1 Å². The summed E-state index contributed by atoms with van der Waals surface area (Å²) in [5.74, 6) is 0. The Labute approximate surface area is 588 Å². The summed E-state index contributed by atoms with van der Waals surface area (Å²) < 4.78 is 6.61. The molecule has 8 heterocycles. The molecule has 0 atom stereocenters. The summed E-state index contributed by atoms with van der Waals surface area (Å²) in [7, 11) is 17.0. The maximum atomic E-state index is 2.45. The lowest BCUT2D eigenvalue weighted by Gasteiger charge is -2.22. The van der Waals surface area contributed by atoms with Crippen molar-refractivity contribution in [1.82, 2.24) is 23.5 Å². The van der Waals surface area contributed by atoms with Crippen molar-refractivity contribution < 1.29 is 0 Å². The van der Waals surface area contributed by atoms with Crippen LogP contribution in [-0.2, 0) is 98.6 Å². The summed E-state index contributed by atoms with van der Waals surface area (Å²) in [6.45, 7) is 5.58. The molecule has 0 radical (unpaired) electrons. The molecule has 0 amide bonds. The van der Waals surface area contributed by atoms with Crippen molar-refractivity contribution in [3.63, 3.8) is 0 Å². The second-order valence-corrected chi connectivity index (χ2v) is 28.5. The van der Waals surface area contributed by atoms with E-state index in [0.717, 1.165) is 39.0 Å². The van der Waals surface area contributed by atoms with E-state index >= 15 is 0 Å². The highest BCUT2D eigenvalue weighted by Gasteiger charge is 2.22. The molecule has 9 aromatic carbocycles. The minimum absolute atomic E-state index is 1.02. The molecular formula is C91H98N8. The van der Waals surface area contributed by atoms with Crippen LogP contribution in [0.1, 0.15) is 103 Å². The Morgan fingerprint density at radius 3 is 1.47 bits per heavy atom. The van der Waals surface area contributed by atoms with Crippen LogP contribution in [0, 0.1) is 0 Å². The third kappa shape index (κ3) is 14.9. The van der Waals surface area contributed by atoms with E-state index in [1.807, 2.05) is 0 Å². The first-order valence-electron chi connectivity index (χ1n) is 36.2. The molecular weight excluding hydrogens is 1210 g/mol. The SMILES string of the molecule is CN1C=CCc2ccccc21.CN1C=Cc2ccccc2C1.CN1CC=Cc2ccccc21.CN1CCc2cc3c(cc21)CCC3.CN1Cc2cc3c(cc2C1)CCC3.Cn1c2ccccc2c2ccccc21.Cn1ccc2cc3c(cc21)C=CC3.Cn1ccc2cc3c(cc21)CCC3. The smallest absolute Gasteiger partial charge is 0.0488 e. The monoisotopic (exact) mass is 1300 g/mol. The van der Waals surface area contributed by atoms with Crippen LogP contribution in [0.3, 0.4) is 0 Å². The van der Waals surface area contributed by atoms with Crippen LogP contribution in [0.4, 0.5) is 17.1 Å². The van der Waals surface area contributed by atoms with E-state index in [1.165, 1.54) is 165 Å². The zero-order valence-corrected chi connectivity index (χ0v) is 59.7. The number of fused-ring (bicyclic) bond motifs is 14. The molecule has 0 bridgehead atoms. The highest BCUT2D eigenvalue weighted by molar-refractivity contribution is 6.07. The van der Waals surface area contributed by atoms with Crippen LogP contribution < -0.4 is 14.7 Å². The lowest BCUT2D eigenvalue weighted by molar-refractivity contribution is 0.353. The van der Waals surface area contributed by atoms with E-state index in [0.29, 0.717) is 0 Å². The fraction of sp³-hybridized carbons (Fsp3) is 0.275. The zero-order valence-electron chi connectivity index (χ0n) is 59.7. The van der Waals surface area contributed by atoms with Gasteiger partial charge in [-0.2, -0.15) is 0 Å². The molecule has 8 nitrogen and oxygen atoms in total. The van der Waals surface area contributed by atoms with Crippen molar-refractivity contribution in [2.45, 2.75) is 96.7 Å². The van der Waals surface area contributed by atoms with Gasteiger partial charge in [0.25, 0.3) is 0 Å². The molecule has 4 aliphatic carbocycles. The lowest BCUT2D eigenvalue weighted by Crippen LogP contribution is -2.19. The molecule has 8 heteroatoms. The van der Waals surface area contributed by atoms with Crippen LogP contribution in [0.25, 0.3) is 61.8 Å². The Morgan fingerprint density at radius 2 is 0.828 bits per heavy atom. The molecule has 0 N–H and O–H groups in total. The first kappa shape index (κ1) is 66.2. The van der Waals surface area contributed by atoms with Gasteiger partial charge in [-0.05, 0) is 257 Å². The fourth-order valence-corrected chi connectivity index (χ4v) is 16.0. The molecule has 12 aromatic rings. The van der Waals surface area contributed by atoms with Crippen molar-refractivity contribution in [2.24, 2.45) is 21.1 Å². The first-order valence-corrected chi connectivity index (χ1v) is 36.2. The highest BCUT2D eigenvalue weighted by atomic mass is 15.1. The molecule has 0 unspecified atom stereocenters. The molecule has 21 rings (SSSR count). The van der Waals surface area contributed by atoms with Gasteiger partial charge in [-0.3, -0.25) is 4.90 Å². The maximum Gasteiger partial charge on any atom is 0.0488 e. The first-order chi connectivity index (χ1) is 48.3. The third-order valence-corrected chi connectivity index (χ3v) is 21.5. The number of anilines is 3. The van der Waals surface area contributed by atoms with Gasteiger partial charge in [-0.15, -0.1) is 0 Å². The van der Waals surface area contributed by atoms with Crippen molar-refractivity contribution >= 4 is 78.9 Å². The molecule has 5 aliphatic heterocycles. The van der Waals surface area contributed by atoms with E-state index in [2.05, 4.69) is 338 Å². The minimum atomic E-state index is 1.02. The second kappa shape index (κ2) is 30.0. The van der Waals surface area contributed by atoms with Gasteiger partial charge in [0.1, 0.15) is 0 Å². The zero-order chi connectivity index (χ0) is 67.9. The van der Waals surface area contributed by atoms with Gasteiger partial charge in [0.05, 0.1) is 0 Å². The molecule has 0 spiro atoms. The molecule has 9 aliphatic rings. The largest absolute Gasteiger partial charge is 0.376 e. The molecule has 0 saturated carbocycles. The van der Waals surface area contributed by atoms with Gasteiger partial charge in [0.2, 0.25) is 0 Å². The number of nitrogens with zero attached hydrogens (tertiary/aromatic N) is 8. The van der Waals surface area contributed by atoms with Gasteiger partial charge < -0.3 is 33.3 Å². The number of benzene rings is 9. The summed E-state index contributed by atoms with van der Waals surface area (Å²) in [5, 5.41) is 5.42. The number of hydrogen-bond donors (Lipinski definition) is 0. The van der Waals surface area contributed by atoms with Gasteiger partial charge in [0, 0.05) is 151 Å². The maximum absolute atomic E-state index is 2.45. The van der Waals surface area contributed by atoms with Crippen molar-refractivity contribution in [1.29, 1.82) is 0 Å². The van der Waals surface area contributed by atoms with Gasteiger partial charge >= 0.3 is 0 Å². The van der Waals surface area contributed by atoms with Crippen LogP contribution in [0.15, 0.2) is 225 Å². The third-order valence-electron chi connectivity index (χ3n) is 21.5. The molecule has 3 aromatic heterocycles. The number of rotatable bonds is 0. The summed E-state index contributed by atoms with van der Waals surface area (Å²) in [5.41, 5.74) is 32.1. The number of para-hydroxylation sites is 4. The lowest BCUT2D eigenvalue weighted by atomic mass is 10.0. The Balaban J connectivity index is 0.0000000967. The molecule has 0 fully saturated rings. The van der Waals surface area contributed by atoms with E-state index in [-0.39, 0.29) is 0 Å². The van der Waals surface area contributed by atoms with Crippen LogP contribution in [-0.4, -0.2) is 71.8 Å². The van der Waals surface area contributed by atoms with Crippen molar-refractivity contribution in [3.8, 4) is 0 Å². The molecule has 99 heavy (non-hydrogen) atoms. The normalized spacial score (nSPS) is 15.5. The second-order valence-electron chi connectivity index (χ2n) is 28.5. The average Bonchev–Trinajstić information content (AvgIpc) is 1.63. The quantitative estimate of drug-likeness (QED) is 0.151. The Morgan fingerprint density at radius 1 is 0.313 bits per heavy atom. The number of likely N-dealkylation sites (N-methyl/N-ethyl adjacent to an activating group) is 2. The van der Waals surface area contributed by atoms with E-state index < -0.39 is 0 Å². The Hall–Kier alpha value is -10.0. The summed E-state index contributed by atoms with van der Waals surface area (Å²) >= 11 is 0. The van der Waals surface area contributed by atoms with E-state index in [9.17, 15) is 0 Å². The average molecular weight is 1300 g/mol. The van der Waals surface area contributed by atoms with E-state index in [4.69, 9.17) is 0 Å². The summed E-state index contributed by atoms with van der Waals surface area (Å²) in [6.07, 6.45) is 36.9. The standard InChI is InChI=1S/C13H11N.2C12H15N.C12H13N.C12H11N.3C10H11N/c1-14-12-8-4-2-6-10(12)11-7-3-5-9-13(11)14;1-13-7-11-5-9-3-2-4-10(9)6-12(11)8-13;3*1-13-6-5-11-7-9-3-2-4-10(9)8-12(11)13;2*1-11-8-4-6-9-5-2-3-7-10(9)11;1-11-7-6-9-4-2-3-5-10(9)8-11/h2-9H,1H3;5-6H,2-4,7-8H2,1H3;7-8H,2-6H2,1H3;5-8H,2-4H2,1H3;2,4-8H,3H2,1H3;2-5,7-8H,6H2,1H3;2*2-7H,8H2,1H3. The van der Waals surface area contributed by atoms with Gasteiger partial charge in [0.15, 0.2) is 0 Å². The molecule has 0 saturated heterocycles.